The Balaban J connectivity index is 1.23. The SMILES string of the molecule is CC(=O)NC1[C@H](OCCCCCCNC(=O)CCOCC(COCCC(=O)NCCCCCO[C@@H]2OC(COC(C)=O)[C@@H](OC(C)=O)[C@H](C)C2NC(C)=O)(COCCC(=O)NCCCCCO[C@@H]2OC(COC(C)=O)[C@@H](OC(C)=O)[C@H](C)C2NC(C)=O)Cn2cc(CNC(=O)CCCC(=O)NCCCCCC(=O)Oc3c(F)c(F)c(F)c(F)c3F)nn2)OC(COC(C)=O)[C@@H](OC(C)=O)[C@@H]1C. The van der Waals surface area contributed by atoms with Crippen LogP contribution in [-0.2, 0) is 156 Å². The molecule has 0 spiro atoms. The van der Waals surface area contributed by atoms with E-state index >= 15 is 0 Å². The third-order valence-electron chi connectivity index (χ3n) is 21.8. The summed E-state index contributed by atoms with van der Waals surface area (Å²) in [6.07, 6.45) is -1.04. The number of hydrogen-bond acceptors (Lipinski definition) is 33. The van der Waals surface area contributed by atoms with Crippen molar-refractivity contribution in [2.45, 2.75) is 298 Å². The van der Waals surface area contributed by atoms with Crippen molar-refractivity contribution in [3.63, 3.8) is 0 Å². The number of nitrogens with zero attached hydrogens (tertiary/aromatic N) is 3. The zero-order chi connectivity index (χ0) is 100. The highest BCUT2D eigenvalue weighted by molar-refractivity contribution is 5.80. The zero-order valence-electron chi connectivity index (χ0n) is 79.5. The Morgan fingerprint density at radius 2 is 0.691 bits per heavy atom. The molecule has 3 saturated heterocycles. The number of rotatable bonds is 64. The van der Waals surface area contributed by atoms with E-state index in [1.165, 1.54) is 67.0 Å². The van der Waals surface area contributed by atoms with E-state index in [-0.39, 0.29) is 192 Å². The van der Waals surface area contributed by atoms with Crippen molar-refractivity contribution in [3.05, 3.63) is 41.0 Å². The normalized spacial score (nSPS) is 21.7. The zero-order valence-corrected chi connectivity index (χ0v) is 79.5. The lowest BCUT2D eigenvalue weighted by Crippen LogP contribution is -2.62. The summed E-state index contributed by atoms with van der Waals surface area (Å²) >= 11 is 0. The molecular formula is C89H136F5N11O31. The molecule has 8 N–H and O–H groups in total. The molecule has 3 aliphatic heterocycles. The van der Waals surface area contributed by atoms with Gasteiger partial charge in [0, 0.05) is 165 Å². The lowest BCUT2D eigenvalue weighted by Gasteiger charge is -2.44. The first kappa shape index (κ1) is 116. The minimum atomic E-state index is -2.41. The molecule has 3 aliphatic rings. The number of halogens is 5. The average molecular weight is 1950 g/mol. The van der Waals surface area contributed by atoms with Gasteiger partial charge < -0.3 is 118 Å². The fourth-order valence-electron chi connectivity index (χ4n) is 15.0. The van der Waals surface area contributed by atoms with Crippen LogP contribution in [-0.4, -0.2) is 283 Å². The Bertz CT molecular complexity index is 4030. The van der Waals surface area contributed by atoms with Gasteiger partial charge in [-0.2, -0.15) is 8.78 Å². The van der Waals surface area contributed by atoms with E-state index in [9.17, 15) is 93.9 Å². The predicted molar refractivity (Wildman–Crippen MR) is 464 cm³/mol. The second-order valence-corrected chi connectivity index (χ2v) is 33.7. The monoisotopic (exact) mass is 1950 g/mol. The van der Waals surface area contributed by atoms with Crippen LogP contribution >= 0.6 is 0 Å². The van der Waals surface area contributed by atoms with Gasteiger partial charge in [-0.25, -0.2) is 13.2 Å². The molecule has 5 rings (SSSR count). The fraction of sp³-hybridized carbons (Fsp3) is 0.742. The molecular weight excluding hydrogens is 1810 g/mol. The molecule has 47 heteroatoms. The maximum atomic E-state index is 14.0. The first-order chi connectivity index (χ1) is 64.7. The highest BCUT2D eigenvalue weighted by Crippen LogP contribution is 2.35. The molecule has 8 amide bonds. The van der Waals surface area contributed by atoms with Crippen molar-refractivity contribution in [2.24, 2.45) is 23.2 Å². The third-order valence-corrected chi connectivity index (χ3v) is 21.8. The van der Waals surface area contributed by atoms with E-state index in [1.54, 1.807) is 27.0 Å². The summed E-state index contributed by atoms with van der Waals surface area (Å²) in [5.74, 6) is -22.6. The van der Waals surface area contributed by atoms with Gasteiger partial charge in [-0.15, -0.1) is 5.10 Å². The summed E-state index contributed by atoms with van der Waals surface area (Å²) < 4.78 is 162. The van der Waals surface area contributed by atoms with Crippen molar-refractivity contribution < 1.29 is 170 Å². The van der Waals surface area contributed by atoms with Gasteiger partial charge in [0.2, 0.25) is 82.1 Å². The molecule has 1 aromatic carbocycles. The quantitative estimate of drug-likeness (QED) is 0.00851. The summed E-state index contributed by atoms with van der Waals surface area (Å²) in [6.45, 7) is 16.5. The van der Waals surface area contributed by atoms with Crippen LogP contribution in [0.5, 0.6) is 5.75 Å². The first-order valence-corrected chi connectivity index (χ1v) is 45.9. The smallest absolute Gasteiger partial charge is 0.311 e. The van der Waals surface area contributed by atoms with Gasteiger partial charge in [-0.3, -0.25) is 76.6 Å². The summed E-state index contributed by atoms with van der Waals surface area (Å²) in [6, 6.07) is -2.19. The lowest BCUT2D eigenvalue weighted by molar-refractivity contribution is -0.262. The van der Waals surface area contributed by atoms with Crippen LogP contribution < -0.4 is 47.3 Å². The number of nitrogens with one attached hydrogen (secondary N) is 8. The molecule has 6 unspecified atom stereocenters. The van der Waals surface area contributed by atoms with Gasteiger partial charge in [0.1, 0.15) is 62.1 Å². The van der Waals surface area contributed by atoms with E-state index in [0.29, 0.717) is 89.3 Å². The van der Waals surface area contributed by atoms with Gasteiger partial charge in [0.15, 0.2) is 18.9 Å². The molecule has 0 saturated carbocycles. The number of carbonyl (C=O) groups excluding carboxylic acids is 15. The molecule has 0 radical (unpaired) electrons. The minimum Gasteiger partial charge on any atom is -0.463 e. The number of hydrogen-bond donors (Lipinski definition) is 8. The van der Waals surface area contributed by atoms with Gasteiger partial charge >= 0.3 is 41.8 Å². The van der Waals surface area contributed by atoms with Crippen molar-refractivity contribution in [3.8, 4) is 5.75 Å². The Labute approximate surface area is 786 Å². The van der Waals surface area contributed by atoms with Crippen molar-refractivity contribution >= 4 is 89.0 Å². The number of unbranched alkanes of at least 4 members (excludes halogenated alkanes) is 9. The Hall–Kier alpha value is -10.3. The van der Waals surface area contributed by atoms with E-state index in [1.807, 2.05) is 0 Å². The van der Waals surface area contributed by atoms with Crippen LogP contribution in [0.4, 0.5) is 22.0 Å². The van der Waals surface area contributed by atoms with Crippen LogP contribution in [0, 0.1) is 52.3 Å². The molecule has 4 heterocycles. The van der Waals surface area contributed by atoms with Crippen LogP contribution in [0.15, 0.2) is 6.20 Å². The Morgan fingerprint density at radius 3 is 1.03 bits per heavy atom. The molecule has 42 nitrogen and oxygen atoms in total. The maximum absolute atomic E-state index is 14.0. The highest BCUT2D eigenvalue weighted by Gasteiger charge is 2.50. The summed E-state index contributed by atoms with van der Waals surface area (Å²) in [7, 11) is 0. The number of benzene rings is 1. The Kier molecular flexibility index (Phi) is 53.4. The number of esters is 7. The molecule has 0 aliphatic carbocycles. The van der Waals surface area contributed by atoms with Crippen molar-refractivity contribution in [2.75, 3.05) is 105 Å². The van der Waals surface area contributed by atoms with Crippen molar-refractivity contribution in [1.82, 2.24) is 57.5 Å². The lowest BCUT2D eigenvalue weighted by atomic mass is 9.88. The second-order valence-electron chi connectivity index (χ2n) is 33.7. The summed E-state index contributed by atoms with van der Waals surface area (Å²) in [4.78, 5) is 187. The van der Waals surface area contributed by atoms with Crippen LogP contribution in [0.3, 0.4) is 0 Å². The molecule has 15 atom stereocenters. The van der Waals surface area contributed by atoms with Gasteiger partial charge in [0.25, 0.3) is 0 Å². The van der Waals surface area contributed by atoms with Gasteiger partial charge in [-0.05, 0) is 70.6 Å². The van der Waals surface area contributed by atoms with Crippen LogP contribution in [0.25, 0.3) is 0 Å². The third kappa shape index (κ3) is 44.0. The molecule has 768 valence electrons. The van der Waals surface area contributed by atoms with E-state index < -0.39 is 192 Å². The Morgan fingerprint density at radius 1 is 0.375 bits per heavy atom. The van der Waals surface area contributed by atoms with Crippen molar-refractivity contribution in [1.29, 1.82) is 0 Å². The summed E-state index contributed by atoms with van der Waals surface area (Å²) in [5, 5.41) is 31.2. The van der Waals surface area contributed by atoms with Gasteiger partial charge in [-0.1, -0.05) is 45.2 Å². The number of aromatic nitrogens is 3. The number of ether oxygens (including phenoxy) is 16. The minimum absolute atomic E-state index is 0.0496. The second kappa shape index (κ2) is 62.5. The topological polar surface area (TPSA) is 531 Å². The standard InChI is InChI=1S/C89H136F5N11O31/c1-52-79(100-55(4)106)86(133-65(45-127-58(7)109)82(52)130-61(10)112)124-37-23-14-13-19-33-96-70(117)30-40-121-49-89(50-122-41-31-71(118)97-35-21-16-24-38-125-87-80(101-56(5)107)53(2)83(131-62(11)113)66(134-87)46-128-59(8)110,51-123-42-32-72(119)98-36-22-17-25-39-126-88-81(102-57(6)108)54(3)84(132-63(12)114)67(135-88)47-129-60(9)111)48-105-44-64(103-104-105)43-99-69(116)28-26-27-68(115)95-34-20-15-18-29-73(120)136-85-77(93)75(91)74(90)76(92)78(85)94/h44,52-54,65-67,79-84,86-88H,13-43,45-51H2,1-12H3,(H,95,115)(H,96,117)(H,97,118)(H,98,119)(H,99,116)(H,100,106)(H,101,107)(H,102,108)/t52-,53-,54-,65?,66?,67?,79?,80?,81?,82+,83+,84+,86-,87-,88-,89?/m1/s1. The number of amides is 8. The first-order valence-electron chi connectivity index (χ1n) is 45.9. The van der Waals surface area contributed by atoms with E-state index in [4.69, 9.17) is 71.1 Å². The molecule has 1 aromatic heterocycles. The molecule has 3 fully saturated rings. The fourth-order valence-corrected chi connectivity index (χ4v) is 15.0. The average Bonchev–Trinajstić information content (AvgIpc) is 0.944. The molecule has 0 bridgehead atoms. The molecule has 2 aromatic rings. The summed E-state index contributed by atoms with van der Waals surface area (Å²) in [5.41, 5.74) is -0.912. The van der Waals surface area contributed by atoms with Gasteiger partial charge in [0.05, 0.1) is 82.5 Å². The predicted octanol–water partition coefficient (Wildman–Crippen LogP) is 4.63. The van der Waals surface area contributed by atoms with E-state index in [2.05, 4.69) is 57.6 Å². The molecule has 136 heavy (non-hydrogen) atoms. The maximum Gasteiger partial charge on any atom is 0.311 e. The highest BCUT2D eigenvalue weighted by atomic mass is 19.2. The number of carbonyl (C=O) groups is 15. The van der Waals surface area contributed by atoms with Crippen LogP contribution in [0.2, 0.25) is 0 Å². The van der Waals surface area contributed by atoms with Crippen LogP contribution in [0.1, 0.15) is 217 Å². The largest absolute Gasteiger partial charge is 0.463 e. The van der Waals surface area contributed by atoms with E-state index in [0.717, 1.165) is 0 Å².